The maximum Gasteiger partial charge on any atom is 0.261 e. The van der Waals surface area contributed by atoms with Crippen LogP contribution in [-0.2, 0) is 16.1 Å². The maximum absolute atomic E-state index is 13.1. The van der Waals surface area contributed by atoms with Crippen molar-refractivity contribution in [1.82, 2.24) is 10.2 Å². The number of carbonyl (C=O) groups is 2. The fraction of sp³-hybridized carbons (Fsp3) is 0.391. The van der Waals surface area contributed by atoms with Crippen LogP contribution < -0.4 is 14.8 Å². The summed E-state index contributed by atoms with van der Waals surface area (Å²) in [7, 11) is 1.61. The number of methoxy groups -OCH3 is 1. The van der Waals surface area contributed by atoms with Crippen LogP contribution in [0.4, 0.5) is 0 Å². The smallest absolute Gasteiger partial charge is 0.261 e. The SMILES string of the molecule is CCNC(=O)[C@@H](CC)N(Cc1ccc(OC)cc1)C(=O)COc1ccc(Br)c(C)c1. The summed E-state index contributed by atoms with van der Waals surface area (Å²) < 4.78 is 11.9. The van der Waals surface area contributed by atoms with Gasteiger partial charge in [0.2, 0.25) is 5.91 Å². The van der Waals surface area contributed by atoms with Gasteiger partial charge in [-0.1, -0.05) is 35.0 Å². The molecule has 30 heavy (non-hydrogen) atoms. The number of likely N-dealkylation sites (N-methyl/N-ethyl adjacent to an activating group) is 1. The monoisotopic (exact) mass is 476 g/mol. The second-order valence-electron chi connectivity index (χ2n) is 6.89. The molecule has 0 radical (unpaired) electrons. The Balaban J connectivity index is 2.19. The number of rotatable bonds is 10. The molecular weight excluding hydrogens is 448 g/mol. The third kappa shape index (κ3) is 6.49. The van der Waals surface area contributed by atoms with Crippen LogP contribution in [0.2, 0.25) is 0 Å². The van der Waals surface area contributed by atoms with E-state index in [1.807, 2.05) is 57.2 Å². The summed E-state index contributed by atoms with van der Waals surface area (Å²) in [5.74, 6) is 0.937. The minimum Gasteiger partial charge on any atom is -0.497 e. The van der Waals surface area contributed by atoms with E-state index in [0.29, 0.717) is 25.3 Å². The predicted molar refractivity (Wildman–Crippen MR) is 121 cm³/mol. The Labute approximate surface area is 186 Å². The van der Waals surface area contributed by atoms with Crippen molar-refractivity contribution >= 4 is 27.7 Å². The van der Waals surface area contributed by atoms with E-state index in [4.69, 9.17) is 9.47 Å². The van der Waals surface area contributed by atoms with E-state index in [2.05, 4.69) is 21.2 Å². The first-order chi connectivity index (χ1) is 14.4. The number of benzene rings is 2. The average molecular weight is 477 g/mol. The second-order valence-corrected chi connectivity index (χ2v) is 7.74. The number of aryl methyl sites for hydroxylation is 1. The number of ether oxygens (including phenoxy) is 2. The van der Waals surface area contributed by atoms with Crippen LogP contribution in [0.25, 0.3) is 0 Å². The highest BCUT2D eigenvalue weighted by atomic mass is 79.9. The summed E-state index contributed by atoms with van der Waals surface area (Å²) in [5.41, 5.74) is 1.93. The number of nitrogens with zero attached hydrogens (tertiary/aromatic N) is 1. The number of hydrogen-bond acceptors (Lipinski definition) is 4. The molecule has 0 saturated carbocycles. The lowest BCUT2D eigenvalue weighted by Gasteiger charge is -2.30. The molecule has 7 heteroatoms. The summed E-state index contributed by atoms with van der Waals surface area (Å²) >= 11 is 3.45. The predicted octanol–water partition coefficient (Wildman–Crippen LogP) is 4.09. The van der Waals surface area contributed by atoms with Crippen molar-refractivity contribution in [1.29, 1.82) is 0 Å². The Hall–Kier alpha value is -2.54. The molecule has 0 fully saturated rings. The molecule has 6 nitrogen and oxygen atoms in total. The van der Waals surface area contributed by atoms with Gasteiger partial charge >= 0.3 is 0 Å². The third-order valence-corrected chi connectivity index (χ3v) is 5.63. The van der Waals surface area contributed by atoms with E-state index < -0.39 is 6.04 Å². The molecular formula is C23H29BrN2O4. The van der Waals surface area contributed by atoms with Gasteiger partial charge in [0.25, 0.3) is 5.91 Å². The van der Waals surface area contributed by atoms with Crippen molar-refractivity contribution in [2.24, 2.45) is 0 Å². The zero-order chi connectivity index (χ0) is 22.1. The van der Waals surface area contributed by atoms with E-state index >= 15 is 0 Å². The topological polar surface area (TPSA) is 67.9 Å². The molecule has 0 aromatic heterocycles. The lowest BCUT2D eigenvalue weighted by molar-refractivity contribution is -0.142. The summed E-state index contributed by atoms with van der Waals surface area (Å²) in [6.07, 6.45) is 0.505. The van der Waals surface area contributed by atoms with Gasteiger partial charge < -0.3 is 19.7 Å². The fourth-order valence-electron chi connectivity index (χ4n) is 3.07. The molecule has 0 bridgehead atoms. The molecule has 0 aliphatic rings. The molecule has 0 saturated heterocycles. The van der Waals surface area contributed by atoms with E-state index in [0.717, 1.165) is 21.3 Å². The Bertz CT molecular complexity index is 855. The lowest BCUT2D eigenvalue weighted by atomic mass is 10.1. The first-order valence-corrected chi connectivity index (χ1v) is 10.8. The van der Waals surface area contributed by atoms with Gasteiger partial charge in [-0.05, 0) is 61.7 Å². The van der Waals surface area contributed by atoms with Gasteiger partial charge in [-0.25, -0.2) is 0 Å². The molecule has 0 unspecified atom stereocenters. The normalized spacial score (nSPS) is 11.5. The minimum absolute atomic E-state index is 0.146. The van der Waals surface area contributed by atoms with E-state index in [9.17, 15) is 9.59 Å². The summed E-state index contributed by atoms with van der Waals surface area (Å²) in [6, 6.07) is 12.4. The van der Waals surface area contributed by atoms with Crippen molar-refractivity contribution in [3.8, 4) is 11.5 Å². The molecule has 0 spiro atoms. The Kier molecular flexibility index (Phi) is 9.17. The largest absolute Gasteiger partial charge is 0.497 e. The van der Waals surface area contributed by atoms with Crippen molar-refractivity contribution in [3.05, 3.63) is 58.1 Å². The molecule has 2 amide bonds. The zero-order valence-corrected chi connectivity index (χ0v) is 19.5. The molecule has 2 aromatic rings. The highest BCUT2D eigenvalue weighted by Gasteiger charge is 2.28. The van der Waals surface area contributed by atoms with Gasteiger partial charge in [0.15, 0.2) is 6.61 Å². The van der Waals surface area contributed by atoms with Crippen molar-refractivity contribution in [3.63, 3.8) is 0 Å². The van der Waals surface area contributed by atoms with Crippen LogP contribution in [0.3, 0.4) is 0 Å². The molecule has 0 aliphatic carbocycles. The van der Waals surface area contributed by atoms with Crippen LogP contribution in [0.5, 0.6) is 11.5 Å². The Morgan fingerprint density at radius 1 is 1.10 bits per heavy atom. The van der Waals surface area contributed by atoms with Crippen LogP contribution >= 0.6 is 15.9 Å². The average Bonchev–Trinajstić information content (AvgIpc) is 2.74. The first-order valence-electron chi connectivity index (χ1n) is 9.98. The van der Waals surface area contributed by atoms with Gasteiger partial charge in [0, 0.05) is 17.6 Å². The van der Waals surface area contributed by atoms with Crippen molar-refractivity contribution in [2.75, 3.05) is 20.3 Å². The number of hydrogen-bond donors (Lipinski definition) is 1. The van der Waals surface area contributed by atoms with Gasteiger partial charge in [-0.15, -0.1) is 0 Å². The molecule has 1 N–H and O–H groups in total. The van der Waals surface area contributed by atoms with Crippen molar-refractivity contribution in [2.45, 2.75) is 39.8 Å². The Morgan fingerprint density at radius 2 is 1.77 bits per heavy atom. The Morgan fingerprint density at radius 3 is 2.33 bits per heavy atom. The molecule has 162 valence electrons. The number of halogens is 1. The van der Waals surface area contributed by atoms with Gasteiger partial charge in [0.1, 0.15) is 17.5 Å². The van der Waals surface area contributed by atoms with E-state index in [-0.39, 0.29) is 18.4 Å². The van der Waals surface area contributed by atoms with E-state index in [1.54, 1.807) is 18.1 Å². The maximum atomic E-state index is 13.1. The number of amides is 2. The summed E-state index contributed by atoms with van der Waals surface area (Å²) in [6.45, 7) is 6.38. The number of carbonyl (C=O) groups excluding carboxylic acids is 2. The zero-order valence-electron chi connectivity index (χ0n) is 17.9. The molecule has 1 atom stereocenters. The minimum atomic E-state index is -0.574. The quantitative estimate of drug-likeness (QED) is 0.560. The second kappa shape index (κ2) is 11.6. The summed E-state index contributed by atoms with van der Waals surface area (Å²) in [5, 5.41) is 2.82. The molecule has 0 heterocycles. The lowest BCUT2D eigenvalue weighted by Crippen LogP contribution is -2.50. The summed E-state index contributed by atoms with van der Waals surface area (Å²) in [4.78, 5) is 27.3. The van der Waals surface area contributed by atoms with Crippen LogP contribution in [0.15, 0.2) is 46.9 Å². The first kappa shape index (κ1) is 23.7. The number of nitrogens with one attached hydrogen (secondary N) is 1. The third-order valence-electron chi connectivity index (χ3n) is 4.74. The van der Waals surface area contributed by atoms with Crippen LogP contribution in [0.1, 0.15) is 31.4 Å². The van der Waals surface area contributed by atoms with Gasteiger partial charge in [0.05, 0.1) is 7.11 Å². The molecule has 2 aromatic carbocycles. The molecule has 0 aliphatic heterocycles. The highest BCUT2D eigenvalue weighted by Crippen LogP contribution is 2.22. The highest BCUT2D eigenvalue weighted by molar-refractivity contribution is 9.10. The van der Waals surface area contributed by atoms with E-state index in [1.165, 1.54) is 0 Å². The van der Waals surface area contributed by atoms with Crippen LogP contribution in [-0.4, -0.2) is 43.0 Å². The fourth-order valence-corrected chi connectivity index (χ4v) is 3.32. The standard InChI is InChI=1S/C23H29BrN2O4/c1-5-21(23(28)25-6-2)26(14-17-7-9-18(29-4)10-8-17)22(27)15-30-19-11-12-20(24)16(3)13-19/h7-13,21H,5-6,14-15H2,1-4H3,(H,25,28)/t21-/m1/s1. The van der Waals surface area contributed by atoms with Crippen molar-refractivity contribution < 1.29 is 19.1 Å². The molecule has 2 rings (SSSR count). The van der Waals surface area contributed by atoms with Gasteiger partial charge in [-0.3, -0.25) is 9.59 Å². The van der Waals surface area contributed by atoms with Gasteiger partial charge in [-0.2, -0.15) is 0 Å². The van der Waals surface area contributed by atoms with Crippen LogP contribution in [0, 0.1) is 6.92 Å².